The number of benzene rings is 1. The van der Waals surface area contributed by atoms with Crippen LogP contribution >= 0.6 is 11.6 Å². The SMILES string of the molecule is O=C([C@H]1CCNC1)N1CCNCC1c1ccccc1Cl. The summed E-state index contributed by atoms with van der Waals surface area (Å²) in [6.07, 6.45) is 0.942. The van der Waals surface area contributed by atoms with E-state index in [0.717, 1.165) is 49.7 Å². The van der Waals surface area contributed by atoms with E-state index in [9.17, 15) is 4.79 Å². The van der Waals surface area contributed by atoms with Gasteiger partial charge in [0.1, 0.15) is 0 Å². The minimum atomic E-state index is 0.0468. The van der Waals surface area contributed by atoms with Crippen molar-refractivity contribution in [2.24, 2.45) is 5.92 Å². The van der Waals surface area contributed by atoms with Crippen LogP contribution in [0.5, 0.6) is 0 Å². The molecule has 5 heteroatoms. The smallest absolute Gasteiger partial charge is 0.227 e. The largest absolute Gasteiger partial charge is 0.333 e. The average molecular weight is 294 g/mol. The van der Waals surface area contributed by atoms with Crippen molar-refractivity contribution in [3.05, 3.63) is 34.9 Å². The first-order valence-electron chi connectivity index (χ1n) is 7.23. The van der Waals surface area contributed by atoms with Crippen molar-refractivity contribution in [2.45, 2.75) is 12.5 Å². The lowest BCUT2D eigenvalue weighted by Crippen LogP contribution is -2.50. The molecule has 0 radical (unpaired) electrons. The molecule has 2 heterocycles. The van der Waals surface area contributed by atoms with Crippen LogP contribution in [0.15, 0.2) is 24.3 Å². The Morgan fingerprint density at radius 3 is 2.75 bits per heavy atom. The number of nitrogens with one attached hydrogen (secondary N) is 2. The molecule has 0 aliphatic carbocycles. The fraction of sp³-hybridized carbons (Fsp3) is 0.533. The number of rotatable bonds is 2. The molecule has 3 rings (SSSR count). The molecule has 0 aromatic heterocycles. The van der Waals surface area contributed by atoms with Crippen LogP contribution in [0.1, 0.15) is 18.0 Å². The molecule has 2 fully saturated rings. The molecular formula is C15H20ClN3O. The molecule has 4 nitrogen and oxygen atoms in total. The molecule has 108 valence electrons. The van der Waals surface area contributed by atoms with Crippen LogP contribution < -0.4 is 10.6 Å². The van der Waals surface area contributed by atoms with E-state index in [1.54, 1.807) is 0 Å². The zero-order valence-corrected chi connectivity index (χ0v) is 12.2. The fourth-order valence-electron chi connectivity index (χ4n) is 3.09. The summed E-state index contributed by atoms with van der Waals surface area (Å²) in [6.45, 7) is 4.13. The summed E-state index contributed by atoms with van der Waals surface area (Å²) in [7, 11) is 0. The van der Waals surface area contributed by atoms with Crippen molar-refractivity contribution in [3.8, 4) is 0 Å². The van der Waals surface area contributed by atoms with Crippen LogP contribution in [-0.2, 0) is 4.79 Å². The lowest BCUT2D eigenvalue weighted by Gasteiger charge is -2.38. The molecule has 2 aliphatic rings. The van der Waals surface area contributed by atoms with Crippen molar-refractivity contribution >= 4 is 17.5 Å². The molecule has 0 saturated carbocycles. The van der Waals surface area contributed by atoms with Crippen molar-refractivity contribution in [3.63, 3.8) is 0 Å². The van der Waals surface area contributed by atoms with Crippen LogP contribution in [-0.4, -0.2) is 43.5 Å². The van der Waals surface area contributed by atoms with Crippen LogP contribution in [0.25, 0.3) is 0 Å². The molecule has 1 aromatic carbocycles. The third kappa shape index (κ3) is 2.68. The molecule has 2 saturated heterocycles. The molecule has 0 spiro atoms. The Balaban J connectivity index is 1.83. The van der Waals surface area contributed by atoms with E-state index in [1.807, 2.05) is 29.2 Å². The van der Waals surface area contributed by atoms with Crippen molar-refractivity contribution < 1.29 is 4.79 Å². The molecule has 0 bridgehead atoms. The number of carbonyl (C=O) groups excluding carboxylic acids is 1. The number of halogens is 1. The van der Waals surface area contributed by atoms with Crippen molar-refractivity contribution in [1.82, 2.24) is 15.5 Å². The predicted octanol–water partition coefficient (Wildman–Crippen LogP) is 1.42. The second-order valence-corrected chi connectivity index (χ2v) is 5.87. The first kappa shape index (κ1) is 13.9. The Bertz CT molecular complexity index is 488. The second kappa shape index (κ2) is 6.12. The number of carbonyl (C=O) groups is 1. The standard InChI is InChI=1S/C15H20ClN3O/c16-13-4-2-1-3-12(13)14-10-18-7-8-19(14)15(20)11-5-6-17-9-11/h1-4,11,14,17-18H,5-10H2/t11-,14?/m0/s1. The van der Waals surface area contributed by atoms with Gasteiger partial charge in [0.05, 0.1) is 12.0 Å². The summed E-state index contributed by atoms with van der Waals surface area (Å²) in [5.41, 5.74) is 1.04. The average Bonchev–Trinajstić information content (AvgIpc) is 3.01. The molecule has 2 atom stereocenters. The van der Waals surface area contributed by atoms with E-state index in [4.69, 9.17) is 11.6 Å². The lowest BCUT2D eigenvalue weighted by molar-refractivity contribution is -0.138. The number of amides is 1. The number of hydrogen-bond donors (Lipinski definition) is 2. The van der Waals surface area contributed by atoms with E-state index in [-0.39, 0.29) is 17.9 Å². The zero-order chi connectivity index (χ0) is 13.9. The van der Waals surface area contributed by atoms with Gasteiger partial charge in [0.15, 0.2) is 0 Å². The van der Waals surface area contributed by atoms with Gasteiger partial charge in [0.25, 0.3) is 0 Å². The minimum Gasteiger partial charge on any atom is -0.333 e. The predicted molar refractivity (Wildman–Crippen MR) is 79.8 cm³/mol. The van der Waals surface area contributed by atoms with Crippen LogP contribution in [0.4, 0.5) is 0 Å². The second-order valence-electron chi connectivity index (χ2n) is 5.46. The third-order valence-corrected chi connectivity index (χ3v) is 4.54. The van der Waals surface area contributed by atoms with Gasteiger partial charge in [-0.2, -0.15) is 0 Å². The maximum atomic E-state index is 12.7. The van der Waals surface area contributed by atoms with Gasteiger partial charge < -0.3 is 15.5 Å². The maximum Gasteiger partial charge on any atom is 0.227 e. The van der Waals surface area contributed by atoms with E-state index in [0.29, 0.717) is 0 Å². The summed E-state index contributed by atoms with van der Waals surface area (Å²) >= 11 is 6.31. The summed E-state index contributed by atoms with van der Waals surface area (Å²) in [5.74, 6) is 0.388. The highest BCUT2D eigenvalue weighted by Gasteiger charge is 2.34. The van der Waals surface area contributed by atoms with Gasteiger partial charge in [-0.1, -0.05) is 29.8 Å². The summed E-state index contributed by atoms with van der Waals surface area (Å²) in [6, 6.07) is 7.87. The van der Waals surface area contributed by atoms with E-state index >= 15 is 0 Å². The number of hydrogen-bond acceptors (Lipinski definition) is 3. The molecule has 2 N–H and O–H groups in total. The molecule has 1 unspecified atom stereocenters. The van der Waals surface area contributed by atoms with Crippen molar-refractivity contribution in [2.75, 3.05) is 32.7 Å². The Hall–Kier alpha value is -1.10. The Kier molecular flexibility index (Phi) is 4.24. The van der Waals surface area contributed by atoms with Gasteiger partial charge in [-0.15, -0.1) is 0 Å². The Labute approximate surface area is 124 Å². The Morgan fingerprint density at radius 2 is 2.00 bits per heavy atom. The topological polar surface area (TPSA) is 44.4 Å². The van der Waals surface area contributed by atoms with Crippen molar-refractivity contribution in [1.29, 1.82) is 0 Å². The number of piperazine rings is 1. The molecular weight excluding hydrogens is 274 g/mol. The first-order chi connectivity index (χ1) is 9.77. The third-order valence-electron chi connectivity index (χ3n) is 4.20. The van der Waals surface area contributed by atoms with Gasteiger partial charge >= 0.3 is 0 Å². The molecule has 1 amide bonds. The maximum absolute atomic E-state index is 12.7. The Morgan fingerprint density at radius 1 is 1.20 bits per heavy atom. The quantitative estimate of drug-likeness (QED) is 0.867. The summed E-state index contributed by atoms with van der Waals surface area (Å²) < 4.78 is 0. The van der Waals surface area contributed by atoms with Gasteiger partial charge in [0.2, 0.25) is 5.91 Å². The molecule has 2 aliphatic heterocycles. The van der Waals surface area contributed by atoms with Gasteiger partial charge in [0, 0.05) is 31.2 Å². The van der Waals surface area contributed by atoms with Crippen LogP contribution in [0, 0.1) is 5.92 Å². The van der Waals surface area contributed by atoms with Gasteiger partial charge in [-0.3, -0.25) is 4.79 Å². The fourth-order valence-corrected chi connectivity index (χ4v) is 3.35. The van der Waals surface area contributed by atoms with Crippen LogP contribution in [0.3, 0.4) is 0 Å². The van der Waals surface area contributed by atoms with E-state index in [1.165, 1.54) is 0 Å². The van der Waals surface area contributed by atoms with E-state index < -0.39 is 0 Å². The zero-order valence-electron chi connectivity index (χ0n) is 11.4. The number of nitrogens with zero attached hydrogens (tertiary/aromatic N) is 1. The first-order valence-corrected chi connectivity index (χ1v) is 7.61. The minimum absolute atomic E-state index is 0.0468. The van der Waals surface area contributed by atoms with Gasteiger partial charge in [-0.05, 0) is 24.6 Å². The normalized spacial score (nSPS) is 26.8. The lowest BCUT2D eigenvalue weighted by atomic mass is 9.99. The summed E-state index contributed by atoms with van der Waals surface area (Å²) in [5, 5.41) is 7.38. The highest BCUT2D eigenvalue weighted by Crippen LogP contribution is 2.30. The van der Waals surface area contributed by atoms with E-state index in [2.05, 4.69) is 10.6 Å². The molecule has 20 heavy (non-hydrogen) atoms. The summed E-state index contributed by atoms with van der Waals surface area (Å²) in [4.78, 5) is 14.7. The van der Waals surface area contributed by atoms with Crippen LogP contribution in [0.2, 0.25) is 5.02 Å². The highest BCUT2D eigenvalue weighted by molar-refractivity contribution is 6.31. The monoisotopic (exact) mass is 293 g/mol. The molecule has 1 aromatic rings. The van der Waals surface area contributed by atoms with Gasteiger partial charge in [-0.25, -0.2) is 0 Å². The highest BCUT2D eigenvalue weighted by atomic mass is 35.5.